The predicted octanol–water partition coefficient (Wildman–Crippen LogP) is 1.57. The van der Waals surface area contributed by atoms with Crippen LogP contribution < -0.4 is 5.73 Å². The first kappa shape index (κ1) is 9.71. The summed E-state index contributed by atoms with van der Waals surface area (Å²) >= 11 is 0. The van der Waals surface area contributed by atoms with Crippen LogP contribution in [-0.2, 0) is 19.3 Å². The average molecular weight is 193 g/mol. The lowest BCUT2D eigenvalue weighted by Gasteiger charge is -2.11. The van der Waals surface area contributed by atoms with Crippen LogP contribution in [0.25, 0.3) is 0 Å². The molecule has 1 atom stereocenters. The Bertz CT molecular complexity index is 301. The number of nitrogens with zero attached hydrogens (tertiary/aromatic N) is 1. The Morgan fingerprint density at radius 1 is 1.43 bits per heavy atom. The minimum Gasteiger partial charge on any atom is -0.328 e. The summed E-state index contributed by atoms with van der Waals surface area (Å²) in [7, 11) is 0. The van der Waals surface area contributed by atoms with Crippen LogP contribution in [0.1, 0.15) is 43.1 Å². The Morgan fingerprint density at radius 2 is 2.21 bits per heavy atom. The van der Waals surface area contributed by atoms with E-state index in [1.165, 1.54) is 42.6 Å². The molecule has 3 N–H and O–H groups in total. The largest absolute Gasteiger partial charge is 0.328 e. The van der Waals surface area contributed by atoms with Crippen molar-refractivity contribution in [2.75, 3.05) is 0 Å². The van der Waals surface area contributed by atoms with Crippen LogP contribution >= 0.6 is 0 Å². The number of aryl methyl sites for hydroxylation is 2. The van der Waals surface area contributed by atoms with E-state index >= 15 is 0 Å². The topological polar surface area (TPSA) is 54.7 Å². The van der Waals surface area contributed by atoms with Crippen molar-refractivity contribution in [3.05, 3.63) is 17.0 Å². The zero-order chi connectivity index (χ0) is 9.97. The molecule has 1 unspecified atom stereocenters. The SMILES string of the molecule is CC(N)CCc1n[nH]c2c1CCCC2. The van der Waals surface area contributed by atoms with Crippen LogP contribution in [-0.4, -0.2) is 16.2 Å². The second-order valence-corrected chi connectivity index (χ2v) is 4.35. The number of nitrogens with two attached hydrogens (primary N) is 1. The molecule has 14 heavy (non-hydrogen) atoms. The molecule has 0 amide bonds. The molecule has 0 bridgehead atoms. The quantitative estimate of drug-likeness (QED) is 0.765. The smallest absolute Gasteiger partial charge is 0.0657 e. The van der Waals surface area contributed by atoms with Gasteiger partial charge in [0.25, 0.3) is 0 Å². The fourth-order valence-corrected chi connectivity index (χ4v) is 2.12. The van der Waals surface area contributed by atoms with E-state index in [1.54, 1.807) is 0 Å². The van der Waals surface area contributed by atoms with E-state index in [9.17, 15) is 0 Å². The van der Waals surface area contributed by atoms with E-state index in [0.29, 0.717) is 0 Å². The first-order valence-electron chi connectivity index (χ1n) is 5.58. The molecule has 1 aliphatic rings. The zero-order valence-corrected chi connectivity index (χ0v) is 8.84. The number of hydrogen-bond acceptors (Lipinski definition) is 2. The van der Waals surface area contributed by atoms with Crippen LogP contribution in [0.5, 0.6) is 0 Å². The summed E-state index contributed by atoms with van der Waals surface area (Å²) < 4.78 is 0. The number of rotatable bonds is 3. The van der Waals surface area contributed by atoms with Gasteiger partial charge in [0, 0.05) is 11.7 Å². The van der Waals surface area contributed by atoms with Gasteiger partial charge >= 0.3 is 0 Å². The van der Waals surface area contributed by atoms with Gasteiger partial charge in [-0.25, -0.2) is 0 Å². The van der Waals surface area contributed by atoms with E-state index in [4.69, 9.17) is 5.73 Å². The van der Waals surface area contributed by atoms with Gasteiger partial charge in [-0.2, -0.15) is 5.10 Å². The summed E-state index contributed by atoms with van der Waals surface area (Å²) in [5.74, 6) is 0. The standard InChI is InChI=1S/C11H19N3/c1-8(12)6-7-11-9-4-2-3-5-10(9)13-14-11/h8H,2-7,12H2,1H3,(H,13,14). The minimum atomic E-state index is 0.283. The molecule has 0 radical (unpaired) electrons. The van der Waals surface area contributed by atoms with E-state index in [1.807, 2.05) is 0 Å². The first-order valence-corrected chi connectivity index (χ1v) is 5.58. The molecule has 0 aliphatic heterocycles. The Morgan fingerprint density at radius 3 is 3.00 bits per heavy atom. The van der Waals surface area contributed by atoms with E-state index in [2.05, 4.69) is 17.1 Å². The van der Waals surface area contributed by atoms with Crippen LogP contribution in [0, 0.1) is 0 Å². The van der Waals surface area contributed by atoms with Crippen molar-refractivity contribution in [1.29, 1.82) is 0 Å². The van der Waals surface area contributed by atoms with Crippen molar-refractivity contribution < 1.29 is 0 Å². The molecule has 3 nitrogen and oxygen atoms in total. The number of aromatic nitrogens is 2. The minimum absolute atomic E-state index is 0.283. The van der Waals surface area contributed by atoms with Crippen molar-refractivity contribution in [2.45, 2.75) is 51.5 Å². The maximum absolute atomic E-state index is 5.75. The molecule has 1 aromatic rings. The lowest BCUT2D eigenvalue weighted by molar-refractivity contribution is 0.645. The van der Waals surface area contributed by atoms with Crippen LogP contribution in [0.2, 0.25) is 0 Å². The summed E-state index contributed by atoms with van der Waals surface area (Å²) in [4.78, 5) is 0. The highest BCUT2D eigenvalue weighted by Gasteiger charge is 2.16. The molecule has 3 heteroatoms. The van der Waals surface area contributed by atoms with E-state index in [0.717, 1.165) is 12.8 Å². The zero-order valence-electron chi connectivity index (χ0n) is 8.84. The average Bonchev–Trinajstić information content (AvgIpc) is 2.58. The number of nitrogens with one attached hydrogen (secondary N) is 1. The van der Waals surface area contributed by atoms with Crippen molar-refractivity contribution in [3.8, 4) is 0 Å². The second-order valence-electron chi connectivity index (χ2n) is 4.35. The van der Waals surface area contributed by atoms with Gasteiger partial charge in [0.2, 0.25) is 0 Å². The lowest BCUT2D eigenvalue weighted by atomic mass is 9.94. The highest BCUT2D eigenvalue weighted by atomic mass is 15.1. The van der Waals surface area contributed by atoms with Gasteiger partial charge in [-0.3, -0.25) is 5.10 Å². The highest BCUT2D eigenvalue weighted by molar-refractivity contribution is 5.27. The Hall–Kier alpha value is -0.830. The summed E-state index contributed by atoms with van der Waals surface area (Å²) in [5.41, 5.74) is 9.86. The summed E-state index contributed by atoms with van der Waals surface area (Å²) in [6, 6.07) is 0.283. The Balaban J connectivity index is 2.06. The van der Waals surface area contributed by atoms with Crippen molar-refractivity contribution in [3.63, 3.8) is 0 Å². The van der Waals surface area contributed by atoms with Gasteiger partial charge in [-0.1, -0.05) is 0 Å². The molecular formula is C11H19N3. The van der Waals surface area contributed by atoms with Crippen molar-refractivity contribution >= 4 is 0 Å². The van der Waals surface area contributed by atoms with Crippen molar-refractivity contribution in [2.24, 2.45) is 5.73 Å². The van der Waals surface area contributed by atoms with E-state index in [-0.39, 0.29) is 6.04 Å². The Kier molecular flexibility index (Phi) is 2.87. The normalized spacial score (nSPS) is 17.9. The highest BCUT2D eigenvalue weighted by Crippen LogP contribution is 2.22. The van der Waals surface area contributed by atoms with Crippen LogP contribution in [0.15, 0.2) is 0 Å². The maximum atomic E-state index is 5.75. The fraction of sp³-hybridized carbons (Fsp3) is 0.727. The first-order chi connectivity index (χ1) is 6.77. The molecule has 1 aliphatic carbocycles. The van der Waals surface area contributed by atoms with Gasteiger partial charge in [-0.05, 0) is 51.0 Å². The van der Waals surface area contributed by atoms with Gasteiger partial charge in [0.15, 0.2) is 0 Å². The number of hydrogen-bond donors (Lipinski definition) is 2. The molecule has 0 saturated carbocycles. The van der Waals surface area contributed by atoms with Crippen LogP contribution in [0.4, 0.5) is 0 Å². The summed E-state index contributed by atoms with van der Waals surface area (Å²) in [6.07, 6.45) is 7.08. The second kappa shape index (κ2) is 4.13. The van der Waals surface area contributed by atoms with Gasteiger partial charge < -0.3 is 5.73 Å². The molecule has 1 heterocycles. The fourth-order valence-electron chi connectivity index (χ4n) is 2.12. The Labute approximate surface area is 85.1 Å². The van der Waals surface area contributed by atoms with E-state index < -0.39 is 0 Å². The number of fused-ring (bicyclic) bond motifs is 1. The summed E-state index contributed by atoms with van der Waals surface area (Å²) in [5, 5.41) is 7.55. The number of H-pyrrole nitrogens is 1. The molecule has 0 spiro atoms. The predicted molar refractivity (Wildman–Crippen MR) is 57.2 cm³/mol. The third kappa shape index (κ3) is 1.98. The van der Waals surface area contributed by atoms with Crippen molar-refractivity contribution in [1.82, 2.24) is 10.2 Å². The summed E-state index contributed by atoms with van der Waals surface area (Å²) in [6.45, 7) is 2.05. The molecular weight excluding hydrogens is 174 g/mol. The molecule has 0 saturated heterocycles. The van der Waals surface area contributed by atoms with Gasteiger partial charge in [-0.15, -0.1) is 0 Å². The molecule has 2 rings (SSSR count). The maximum Gasteiger partial charge on any atom is 0.0657 e. The molecule has 0 fully saturated rings. The third-order valence-electron chi connectivity index (χ3n) is 2.98. The van der Waals surface area contributed by atoms with Gasteiger partial charge in [0.1, 0.15) is 0 Å². The molecule has 1 aromatic heterocycles. The lowest BCUT2D eigenvalue weighted by Crippen LogP contribution is -2.16. The number of aromatic amines is 1. The van der Waals surface area contributed by atoms with Crippen LogP contribution in [0.3, 0.4) is 0 Å². The van der Waals surface area contributed by atoms with Gasteiger partial charge in [0.05, 0.1) is 5.69 Å². The monoisotopic (exact) mass is 193 g/mol. The molecule has 78 valence electrons. The molecule has 0 aromatic carbocycles. The third-order valence-corrected chi connectivity index (χ3v) is 2.98.